The maximum Gasteiger partial charge on any atom is 0.147 e. The van der Waals surface area contributed by atoms with Gasteiger partial charge in [0.15, 0.2) is 0 Å². The molecule has 0 amide bonds. The Morgan fingerprint density at radius 3 is 2.62 bits per heavy atom. The molecular formula is C21H19N3OS. The highest BCUT2D eigenvalue weighted by atomic mass is 32.1. The maximum absolute atomic E-state index is 11.0. The van der Waals surface area contributed by atoms with Crippen LogP contribution in [-0.4, -0.2) is 15.1 Å². The van der Waals surface area contributed by atoms with Gasteiger partial charge in [0.2, 0.25) is 0 Å². The van der Waals surface area contributed by atoms with Crippen LogP contribution in [0.2, 0.25) is 0 Å². The van der Waals surface area contributed by atoms with Crippen molar-refractivity contribution >= 4 is 28.1 Å². The van der Waals surface area contributed by atoms with Gasteiger partial charge in [-0.3, -0.25) is 0 Å². The molecule has 1 aromatic carbocycles. The predicted octanol–water partition coefficient (Wildman–Crippen LogP) is 5.22. The van der Waals surface area contributed by atoms with Crippen molar-refractivity contribution in [1.82, 2.24) is 9.97 Å². The van der Waals surface area contributed by atoms with E-state index in [1.165, 1.54) is 5.56 Å². The van der Waals surface area contributed by atoms with Gasteiger partial charge < -0.3 is 10.4 Å². The highest BCUT2D eigenvalue weighted by molar-refractivity contribution is 7.10. The van der Waals surface area contributed by atoms with Crippen molar-refractivity contribution in [3.8, 4) is 5.75 Å². The molecule has 3 heterocycles. The SMILES string of the molecule is Cc1ccc2ccc([C@@H](Nc3ccccn3)c3sccc3C)c(O)c2n1. The van der Waals surface area contributed by atoms with E-state index in [2.05, 4.69) is 33.7 Å². The van der Waals surface area contributed by atoms with Gasteiger partial charge in [-0.2, -0.15) is 0 Å². The van der Waals surface area contributed by atoms with Gasteiger partial charge in [-0.05, 0) is 49.1 Å². The summed E-state index contributed by atoms with van der Waals surface area (Å²) in [7, 11) is 0. The Hall–Kier alpha value is -2.92. The van der Waals surface area contributed by atoms with Crippen molar-refractivity contribution in [3.63, 3.8) is 0 Å². The van der Waals surface area contributed by atoms with E-state index in [4.69, 9.17) is 0 Å². The van der Waals surface area contributed by atoms with Crippen LogP contribution in [0.5, 0.6) is 5.75 Å². The molecule has 0 aliphatic heterocycles. The lowest BCUT2D eigenvalue weighted by Gasteiger charge is -2.21. The molecule has 0 fully saturated rings. The number of aryl methyl sites for hydroxylation is 2. The second kappa shape index (κ2) is 6.77. The van der Waals surface area contributed by atoms with Crippen molar-refractivity contribution in [2.75, 3.05) is 5.32 Å². The summed E-state index contributed by atoms with van der Waals surface area (Å²) < 4.78 is 0. The van der Waals surface area contributed by atoms with E-state index in [1.807, 2.05) is 49.4 Å². The van der Waals surface area contributed by atoms with Crippen LogP contribution in [0.1, 0.15) is 27.7 Å². The highest BCUT2D eigenvalue weighted by Crippen LogP contribution is 2.39. The van der Waals surface area contributed by atoms with Gasteiger partial charge in [0.25, 0.3) is 0 Å². The molecule has 0 saturated heterocycles. The van der Waals surface area contributed by atoms with E-state index in [0.717, 1.165) is 27.3 Å². The average molecular weight is 361 g/mol. The summed E-state index contributed by atoms with van der Waals surface area (Å²) in [6, 6.07) is 15.6. The maximum atomic E-state index is 11.0. The zero-order chi connectivity index (χ0) is 18.1. The molecular weight excluding hydrogens is 342 g/mol. The number of anilines is 1. The first-order valence-corrected chi connectivity index (χ1v) is 9.32. The number of pyridine rings is 2. The molecule has 1 atom stereocenters. The summed E-state index contributed by atoms with van der Waals surface area (Å²) in [6.45, 7) is 4.01. The normalized spacial score (nSPS) is 12.2. The van der Waals surface area contributed by atoms with Crippen LogP contribution in [0, 0.1) is 13.8 Å². The fourth-order valence-corrected chi connectivity index (χ4v) is 4.08. The third-order valence-electron chi connectivity index (χ3n) is 4.44. The van der Waals surface area contributed by atoms with Gasteiger partial charge in [0.05, 0.1) is 6.04 Å². The summed E-state index contributed by atoms with van der Waals surface area (Å²) in [5, 5.41) is 17.5. The van der Waals surface area contributed by atoms with Crippen molar-refractivity contribution in [1.29, 1.82) is 0 Å². The Labute approximate surface area is 156 Å². The van der Waals surface area contributed by atoms with Gasteiger partial charge in [-0.1, -0.05) is 24.3 Å². The monoisotopic (exact) mass is 361 g/mol. The fraction of sp³-hybridized carbons (Fsp3) is 0.143. The predicted molar refractivity (Wildman–Crippen MR) is 107 cm³/mol. The van der Waals surface area contributed by atoms with E-state index in [0.29, 0.717) is 5.52 Å². The summed E-state index contributed by atoms with van der Waals surface area (Å²) in [4.78, 5) is 10.1. The molecule has 130 valence electrons. The van der Waals surface area contributed by atoms with Crippen LogP contribution in [0.3, 0.4) is 0 Å². The van der Waals surface area contributed by atoms with Crippen LogP contribution in [-0.2, 0) is 0 Å². The molecule has 5 heteroatoms. The number of thiophene rings is 1. The number of aromatic nitrogens is 2. The number of nitrogens with one attached hydrogen (secondary N) is 1. The van der Waals surface area contributed by atoms with E-state index in [1.54, 1.807) is 17.5 Å². The van der Waals surface area contributed by atoms with Gasteiger partial charge in [-0.15, -0.1) is 11.3 Å². The molecule has 4 aromatic rings. The first-order valence-electron chi connectivity index (χ1n) is 8.44. The number of rotatable bonds is 4. The van der Waals surface area contributed by atoms with E-state index in [9.17, 15) is 5.11 Å². The van der Waals surface area contributed by atoms with Crippen molar-refractivity contribution in [2.24, 2.45) is 0 Å². The summed E-state index contributed by atoms with van der Waals surface area (Å²) in [5.74, 6) is 0.981. The number of fused-ring (bicyclic) bond motifs is 1. The van der Waals surface area contributed by atoms with E-state index in [-0.39, 0.29) is 11.8 Å². The van der Waals surface area contributed by atoms with E-state index >= 15 is 0 Å². The topological polar surface area (TPSA) is 58.0 Å². The number of nitrogens with zero attached hydrogens (tertiary/aromatic N) is 2. The lowest BCUT2D eigenvalue weighted by atomic mass is 9.99. The van der Waals surface area contributed by atoms with Crippen LogP contribution < -0.4 is 5.32 Å². The molecule has 0 saturated carbocycles. The molecule has 0 radical (unpaired) electrons. The minimum atomic E-state index is -0.198. The quantitative estimate of drug-likeness (QED) is 0.523. The summed E-state index contributed by atoms with van der Waals surface area (Å²) >= 11 is 1.67. The molecule has 0 bridgehead atoms. The lowest BCUT2D eigenvalue weighted by molar-refractivity contribution is 0.472. The van der Waals surface area contributed by atoms with Gasteiger partial charge in [-0.25, -0.2) is 9.97 Å². The van der Waals surface area contributed by atoms with E-state index < -0.39 is 0 Å². The number of benzene rings is 1. The highest BCUT2D eigenvalue weighted by Gasteiger charge is 2.22. The molecule has 3 aromatic heterocycles. The molecule has 0 aliphatic carbocycles. The molecule has 26 heavy (non-hydrogen) atoms. The first kappa shape index (κ1) is 16.5. The third-order valence-corrected chi connectivity index (χ3v) is 5.52. The second-order valence-corrected chi connectivity index (χ2v) is 7.24. The average Bonchev–Trinajstić information content (AvgIpc) is 3.08. The van der Waals surface area contributed by atoms with Gasteiger partial charge in [0, 0.05) is 27.7 Å². The number of hydrogen-bond acceptors (Lipinski definition) is 5. The zero-order valence-electron chi connectivity index (χ0n) is 14.6. The Morgan fingerprint density at radius 1 is 1.04 bits per heavy atom. The van der Waals surface area contributed by atoms with Gasteiger partial charge >= 0.3 is 0 Å². The minimum absolute atomic E-state index is 0.198. The number of phenolic OH excluding ortho intramolecular Hbond substituents is 1. The molecule has 0 spiro atoms. The van der Waals surface area contributed by atoms with Crippen LogP contribution in [0.25, 0.3) is 10.9 Å². The number of hydrogen-bond donors (Lipinski definition) is 2. The standard InChI is InChI=1S/C21H19N3OS/c1-13-10-12-26-21(13)19(24-17-5-3-4-11-22-17)16-9-8-15-7-6-14(2)23-18(15)20(16)25/h3-12,19,25H,1-2H3,(H,22,24)/t19-/m1/s1. The third kappa shape index (κ3) is 3.02. The molecule has 0 aliphatic rings. The Kier molecular flexibility index (Phi) is 4.31. The van der Waals surface area contributed by atoms with Crippen molar-refractivity contribution in [3.05, 3.63) is 81.8 Å². The second-order valence-electron chi connectivity index (χ2n) is 6.29. The first-order chi connectivity index (χ1) is 12.6. The van der Waals surface area contributed by atoms with Crippen molar-refractivity contribution < 1.29 is 5.11 Å². The molecule has 0 unspecified atom stereocenters. The molecule has 4 rings (SSSR count). The smallest absolute Gasteiger partial charge is 0.147 e. The Balaban J connectivity index is 1.87. The largest absolute Gasteiger partial charge is 0.505 e. The minimum Gasteiger partial charge on any atom is -0.505 e. The molecule has 4 nitrogen and oxygen atoms in total. The van der Waals surface area contributed by atoms with Crippen molar-refractivity contribution in [2.45, 2.75) is 19.9 Å². The number of phenols is 1. The lowest BCUT2D eigenvalue weighted by Crippen LogP contribution is -2.13. The molecule has 2 N–H and O–H groups in total. The summed E-state index contributed by atoms with van der Waals surface area (Å²) in [6.07, 6.45) is 1.76. The zero-order valence-corrected chi connectivity index (χ0v) is 15.4. The van der Waals surface area contributed by atoms with Crippen LogP contribution >= 0.6 is 11.3 Å². The summed E-state index contributed by atoms with van der Waals surface area (Å²) in [5.41, 5.74) is 3.49. The van der Waals surface area contributed by atoms with Gasteiger partial charge in [0.1, 0.15) is 17.1 Å². The number of aromatic hydroxyl groups is 1. The van der Waals surface area contributed by atoms with Crippen LogP contribution in [0.4, 0.5) is 5.82 Å². The Morgan fingerprint density at radius 2 is 1.88 bits per heavy atom. The van der Waals surface area contributed by atoms with Crippen LogP contribution in [0.15, 0.2) is 60.1 Å². The Bertz CT molecular complexity index is 1060. The fourth-order valence-electron chi connectivity index (χ4n) is 3.08.